The molecule has 3 aromatic rings. The first-order valence-corrected chi connectivity index (χ1v) is 11.3. The third kappa shape index (κ3) is 5.61. The summed E-state index contributed by atoms with van der Waals surface area (Å²) in [5.74, 6) is -1.37. The Kier molecular flexibility index (Phi) is 7.09. The number of amides is 1. The molecule has 3 aromatic carbocycles. The molecule has 6 nitrogen and oxygen atoms in total. The number of hydrogen-bond acceptors (Lipinski definition) is 4. The molecule has 3 rings (SSSR count). The molecule has 0 aromatic heterocycles. The van der Waals surface area contributed by atoms with Gasteiger partial charge in [0.05, 0.1) is 17.5 Å². The van der Waals surface area contributed by atoms with Crippen molar-refractivity contribution in [2.24, 2.45) is 0 Å². The lowest BCUT2D eigenvalue weighted by molar-refractivity contribution is 0.0939. The molecule has 168 valence electrons. The van der Waals surface area contributed by atoms with Gasteiger partial charge in [0, 0.05) is 22.9 Å². The summed E-state index contributed by atoms with van der Waals surface area (Å²) in [6.07, 6.45) is 0. The van der Waals surface area contributed by atoms with E-state index in [0.29, 0.717) is 12.4 Å². The van der Waals surface area contributed by atoms with Crippen molar-refractivity contribution in [3.05, 3.63) is 89.5 Å². The van der Waals surface area contributed by atoms with E-state index in [1.807, 2.05) is 6.92 Å². The Labute approximate surface area is 185 Å². The fraction of sp³-hybridized carbons (Fsp3) is 0.174. The zero-order chi connectivity index (χ0) is 23.3. The van der Waals surface area contributed by atoms with Gasteiger partial charge in [-0.15, -0.1) is 0 Å². The Morgan fingerprint density at radius 2 is 1.66 bits per heavy atom. The van der Waals surface area contributed by atoms with Crippen molar-refractivity contribution in [3.8, 4) is 5.75 Å². The number of halogens is 2. The highest BCUT2D eigenvalue weighted by Gasteiger charge is 2.17. The molecule has 2 N–H and O–H groups in total. The van der Waals surface area contributed by atoms with Crippen LogP contribution >= 0.6 is 0 Å². The molecule has 0 radical (unpaired) electrons. The minimum absolute atomic E-state index is 0.0675. The lowest BCUT2D eigenvalue weighted by Gasteiger charge is -2.15. The van der Waals surface area contributed by atoms with Gasteiger partial charge < -0.3 is 10.1 Å². The van der Waals surface area contributed by atoms with Crippen molar-refractivity contribution < 1.29 is 26.7 Å². The quantitative estimate of drug-likeness (QED) is 0.512. The maximum atomic E-state index is 13.9. The molecule has 0 saturated carbocycles. The van der Waals surface area contributed by atoms with E-state index >= 15 is 0 Å². The van der Waals surface area contributed by atoms with Gasteiger partial charge in [-0.2, -0.15) is 0 Å². The van der Waals surface area contributed by atoms with Crippen LogP contribution in [0.4, 0.5) is 14.5 Å². The molecule has 0 bridgehead atoms. The number of ether oxygens (including phenoxy) is 1. The zero-order valence-corrected chi connectivity index (χ0v) is 18.2. The summed E-state index contributed by atoms with van der Waals surface area (Å²) in [6, 6.07) is 14.2. The number of hydrogen-bond donors (Lipinski definition) is 2. The average molecular weight is 461 g/mol. The largest absolute Gasteiger partial charge is 0.494 e. The van der Waals surface area contributed by atoms with E-state index in [9.17, 15) is 22.0 Å². The molecule has 0 saturated heterocycles. The van der Waals surface area contributed by atoms with Gasteiger partial charge in [0.25, 0.3) is 15.9 Å². The van der Waals surface area contributed by atoms with E-state index in [0.717, 1.165) is 12.1 Å². The van der Waals surface area contributed by atoms with E-state index in [4.69, 9.17) is 4.74 Å². The zero-order valence-electron chi connectivity index (χ0n) is 17.4. The van der Waals surface area contributed by atoms with E-state index in [-0.39, 0.29) is 21.7 Å². The minimum atomic E-state index is -3.82. The highest BCUT2D eigenvalue weighted by atomic mass is 32.2. The highest BCUT2D eigenvalue weighted by molar-refractivity contribution is 7.92. The molecule has 0 spiro atoms. The van der Waals surface area contributed by atoms with Gasteiger partial charge in [0.2, 0.25) is 0 Å². The summed E-state index contributed by atoms with van der Waals surface area (Å²) in [5.41, 5.74) is 0.677. The second-order valence-corrected chi connectivity index (χ2v) is 8.63. The predicted molar refractivity (Wildman–Crippen MR) is 117 cm³/mol. The standard InChI is InChI=1S/C23H22F2N2O4S/c1-3-31-19-9-11-20(12-10-19)32(29,30)27-18-7-4-16(5-8-18)23(28)26-15(2)21-13-6-17(24)14-22(21)25/h4-15,27H,3H2,1-2H3,(H,26,28). The van der Waals surface area contributed by atoms with Crippen LogP contribution in [0.5, 0.6) is 5.75 Å². The monoisotopic (exact) mass is 460 g/mol. The summed E-state index contributed by atoms with van der Waals surface area (Å²) in [6.45, 7) is 3.88. The number of rotatable bonds is 8. The van der Waals surface area contributed by atoms with Gasteiger partial charge in [-0.25, -0.2) is 17.2 Å². The van der Waals surface area contributed by atoms with Crippen molar-refractivity contribution >= 4 is 21.6 Å². The van der Waals surface area contributed by atoms with Gasteiger partial charge >= 0.3 is 0 Å². The van der Waals surface area contributed by atoms with Crippen molar-refractivity contribution in [1.29, 1.82) is 0 Å². The SMILES string of the molecule is CCOc1ccc(S(=O)(=O)Nc2ccc(C(=O)NC(C)c3ccc(F)cc3F)cc2)cc1. The lowest BCUT2D eigenvalue weighted by atomic mass is 10.1. The van der Waals surface area contributed by atoms with Crippen LogP contribution in [-0.2, 0) is 10.0 Å². The van der Waals surface area contributed by atoms with Gasteiger partial charge in [0.1, 0.15) is 17.4 Å². The second-order valence-electron chi connectivity index (χ2n) is 6.95. The number of nitrogens with one attached hydrogen (secondary N) is 2. The second kappa shape index (κ2) is 9.78. The van der Waals surface area contributed by atoms with Crippen LogP contribution < -0.4 is 14.8 Å². The molecular formula is C23H22F2N2O4S. The van der Waals surface area contributed by atoms with Crippen LogP contribution in [0.15, 0.2) is 71.6 Å². The average Bonchev–Trinajstić information content (AvgIpc) is 2.74. The molecule has 1 unspecified atom stereocenters. The fourth-order valence-corrected chi connectivity index (χ4v) is 4.05. The number of carbonyl (C=O) groups is 1. The Morgan fingerprint density at radius 3 is 2.25 bits per heavy atom. The minimum Gasteiger partial charge on any atom is -0.494 e. The summed E-state index contributed by atoms with van der Waals surface area (Å²) in [7, 11) is -3.82. The molecule has 0 aliphatic carbocycles. The first-order chi connectivity index (χ1) is 15.2. The molecule has 32 heavy (non-hydrogen) atoms. The van der Waals surface area contributed by atoms with E-state index in [2.05, 4.69) is 10.0 Å². The highest BCUT2D eigenvalue weighted by Crippen LogP contribution is 2.21. The Bertz CT molecular complexity index is 1200. The van der Waals surface area contributed by atoms with Crippen molar-refractivity contribution in [2.45, 2.75) is 24.8 Å². The van der Waals surface area contributed by atoms with Crippen LogP contribution in [0, 0.1) is 11.6 Å². The lowest BCUT2D eigenvalue weighted by Crippen LogP contribution is -2.27. The molecule has 1 amide bonds. The van der Waals surface area contributed by atoms with E-state index < -0.39 is 33.6 Å². The third-order valence-electron chi connectivity index (χ3n) is 4.62. The number of anilines is 1. The smallest absolute Gasteiger partial charge is 0.261 e. The molecular weight excluding hydrogens is 438 g/mol. The molecule has 0 aliphatic heterocycles. The molecule has 0 fully saturated rings. The molecule has 0 heterocycles. The fourth-order valence-electron chi connectivity index (χ4n) is 3.00. The van der Waals surface area contributed by atoms with Crippen molar-refractivity contribution in [2.75, 3.05) is 11.3 Å². The third-order valence-corrected chi connectivity index (χ3v) is 6.02. The molecule has 9 heteroatoms. The molecule has 0 aliphatic rings. The maximum Gasteiger partial charge on any atom is 0.261 e. The summed E-state index contributed by atoms with van der Waals surface area (Å²) in [5, 5.41) is 2.63. The van der Waals surface area contributed by atoms with Crippen LogP contribution in [0.1, 0.15) is 35.8 Å². The summed E-state index contributed by atoms with van der Waals surface area (Å²) < 4.78 is 59.8. The van der Waals surface area contributed by atoms with Crippen molar-refractivity contribution in [1.82, 2.24) is 5.32 Å². The summed E-state index contributed by atoms with van der Waals surface area (Å²) in [4.78, 5) is 12.5. The van der Waals surface area contributed by atoms with Gasteiger partial charge in [-0.05, 0) is 68.4 Å². The number of benzene rings is 3. The van der Waals surface area contributed by atoms with Gasteiger partial charge in [-0.3, -0.25) is 9.52 Å². The Morgan fingerprint density at radius 1 is 1.00 bits per heavy atom. The Balaban J connectivity index is 1.66. The van der Waals surface area contributed by atoms with E-state index in [1.54, 1.807) is 19.1 Å². The Hall–Kier alpha value is -3.46. The van der Waals surface area contributed by atoms with Crippen LogP contribution in [0.3, 0.4) is 0 Å². The normalized spacial score (nSPS) is 12.1. The summed E-state index contributed by atoms with van der Waals surface area (Å²) >= 11 is 0. The van der Waals surface area contributed by atoms with Crippen LogP contribution in [-0.4, -0.2) is 20.9 Å². The first kappa shape index (κ1) is 23.2. The van der Waals surface area contributed by atoms with Gasteiger partial charge in [-0.1, -0.05) is 6.07 Å². The van der Waals surface area contributed by atoms with Crippen LogP contribution in [0.25, 0.3) is 0 Å². The van der Waals surface area contributed by atoms with Gasteiger partial charge in [0.15, 0.2) is 0 Å². The maximum absolute atomic E-state index is 13.9. The number of sulfonamides is 1. The van der Waals surface area contributed by atoms with Crippen molar-refractivity contribution in [3.63, 3.8) is 0 Å². The van der Waals surface area contributed by atoms with Crippen LogP contribution in [0.2, 0.25) is 0 Å². The number of carbonyl (C=O) groups excluding carboxylic acids is 1. The predicted octanol–water partition coefficient (Wildman–Crippen LogP) is 4.66. The van der Waals surface area contributed by atoms with E-state index in [1.165, 1.54) is 42.5 Å². The molecule has 1 atom stereocenters. The topological polar surface area (TPSA) is 84.5 Å². The first-order valence-electron chi connectivity index (χ1n) is 9.81.